The first-order valence-electron chi connectivity index (χ1n) is 5.23. The summed E-state index contributed by atoms with van der Waals surface area (Å²) in [6.45, 7) is 1.54. The highest BCUT2D eigenvalue weighted by molar-refractivity contribution is 7.99. The lowest BCUT2D eigenvalue weighted by Crippen LogP contribution is -1.93. The van der Waals surface area contributed by atoms with Gasteiger partial charge in [0.2, 0.25) is 0 Å². The predicted molar refractivity (Wildman–Crippen MR) is 67.6 cm³/mol. The Balaban J connectivity index is 2.15. The number of nitrogens with one attached hydrogen (secondary N) is 1. The summed E-state index contributed by atoms with van der Waals surface area (Å²) in [7, 11) is 1.58. The summed E-state index contributed by atoms with van der Waals surface area (Å²) < 4.78 is 5.09. The quantitative estimate of drug-likeness (QED) is 0.825. The maximum atomic E-state index is 10.9. The number of Topliss-reactive ketones (excluding diaryl/α,β-unsaturated/α-hetero) is 1. The number of pyridine rings is 1. The normalized spacial score (nSPS) is 10.3. The highest BCUT2D eigenvalue weighted by atomic mass is 32.2. The van der Waals surface area contributed by atoms with Crippen molar-refractivity contribution in [2.75, 3.05) is 12.9 Å². The van der Waals surface area contributed by atoms with E-state index in [1.54, 1.807) is 19.5 Å². The van der Waals surface area contributed by atoms with Crippen LogP contribution in [-0.4, -0.2) is 38.8 Å². The summed E-state index contributed by atoms with van der Waals surface area (Å²) in [4.78, 5) is 17.9. The molecule has 0 saturated carbocycles. The van der Waals surface area contributed by atoms with Crippen molar-refractivity contribution < 1.29 is 9.53 Å². The summed E-state index contributed by atoms with van der Waals surface area (Å²) in [6, 6.07) is 1.81. The second-order valence-electron chi connectivity index (χ2n) is 3.58. The maximum absolute atomic E-state index is 10.9. The van der Waals surface area contributed by atoms with Crippen molar-refractivity contribution in [2.24, 2.45) is 0 Å². The zero-order chi connectivity index (χ0) is 13.0. The second kappa shape index (κ2) is 5.63. The van der Waals surface area contributed by atoms with Crippen LogP contribution in [0.2, 0.25) is 0 Å². The number of nitrogens with zero attached hydrogens (tertiary/aromatic N) is 3. The Morgan fingerprint density at radius 3 is 3.00 bits per heavy atom. The summed E-state index contributed by atoms with van der Waals surface area (Å²) in [5.41, 5.74) is 0.788. The smallest absolute Gasteiger partial charge is 0.189 e. The molecule has 94 valence electrons. The van der Waals surface area contributed by atoms with Gasteiger partial charge in [-0.15, -0.1) is 10.2 Å². The van der Waals surface area contributed by atoms with Crippen molar-refractivity contribution in [3.05, 3.63) is 18.5 Å². The van der Waals surface area contributed by atoms with Crippen LogP contribution < -0.4 is 4.74 Å². The summed E-state index contributed by atoms with van der Waals surface area (Å²) in [5, 5.41) is 8.58. The summed E-state index contributed by atoms with van der Waals surface area (Å²) >= 11 is 1.32. The molecular weight excluding hydrogens is 252 g/mol. The second-order valence-corrected chi connectivity index (χ2v) is 4.55. The lowest BCUT2D eigenvalue weighted by molar-refractivity contribution is -0.114. The highest BCUT2D eigenvalue weighted by Gasteiger charge is 2.08. The Labute approximate surface area is 108 Å². The largest absolute Gasteiger partial charge is 0.495 e. The Kier molecular flexibility index (Phi) is 3.93. The van der Waals surface area contributed by atoms with Crippen LogP contribution in [0.3, 0.4) is 0 Å². The van der Waals surface area contributed by atoms with Gasteiger partial charge >= 0.3 is 0 Å². The van der Waals surface area contributed by atoms with Crippen LogP contribution in [0.15, 0.2) is 23.6 Å². The van der Waals surface area contributed by atoms with E-state index in [4.69, 9.17) is 4.74 Å². The van der Waals surface area contributed by atoms with Gasteiger partial charge in [0.15, 0.2) is 11.0 Å². The molecule has 18 heavy (non-hydrogen) atoms. The van der Waals surface area contributed by atoms with E-state index in [0.717, 1.165) is 5.56 Å². The summed E-state index contributed by atoms with van der Waals surface area (Å²) in [6.07, 6.45) is 3.29. The van der Waals surface area contributed by atoms with Crippen molar-refractivity contribution in [3.63, 3.8) is 0 Å². The Morgan fingerprint density at radius 2 is 2.28 bits per heavy atom. The lowest BCUT2D eigenvalue weighted by Gasteiger charge is -2.00. The molecule has 2 aromatic heterocycles. The van der Waals surface area contributed by atoms with Crippen LogP contribution in [0, 0.1) is 0 Å². The molecule has 2 heterocycles. The van der Waals surface area contributed by atoms with E-state index >= 15 is 0 Å². The van der Waals surface area contributed by atoms with Gasteiger partial charge in [-0.25, -0.2) is 0 Å². The van der Waals surface area contributed by atoms with Crippen LogP contribution in [0.5, 0.6) is 5.75 Å². The first kappa shape index (κ1) is 12.6. The number of ether oxygens (including phenoxy) is 1. The lowest BCUT2D eigenvalue weighted by atomic mass is 10.2. The fourth-order valence-corrected chi connectivity index (χ4v) is 1.88. The molecule has 6 nitrogen and oxygen atoms in total. The molecule has 0 spiro atoms. The van der Waals surface area contributed by atoms with Crippen molar-refractivity contribution >= 4 is 17.5 Å². The van der Waals surface area contributed by atoms with E-state index in [1.165, 1.54) is 18.7 Å². The van der Waals surface area contributed by atoms with Gasteiger partial charge in [-0.1, -0.05) is 11.8 Å². The van der Waals surface area contributed by atoms with Gasteiger partial charge in [0.1, 0.15) is 11.5 Å². The number of carbonyl (C=O) groups is 1. The molecular formula is C11H12N4O2S. The number of hydrogen-bond acceptors (Lipinski definition) is 6. The number of rotatable bonds is 5. The molecule has 2 aromatic rings. The van der Waals surface area contributed by atoms with Gasteiger partial charge in [0.25, 0.3) is 0 Å². The van der Waals surface area contributed by atoms with Crippen molar-refractivity contribution in [1.29, 1.82) is 0 Å². The average Bonchev–Trinajstić information content (AvgIpc) is 2.85. The van der Waals surface area contributed by atoms with E-state index in [-0.39, 0.29) is 5.78 Å². The molecule has 1 N–H and O–H groups in total. The zero-order valence-corrected chi connectivity index (χ0v) is 10.8. The third-order valence-corrected chi connectivity index (χ3v) is 3.11. The van der Waals surface area contributed by atoms with Crippen molar-refractivity contribution in [1.82, 2.24) is 20.2 Å². The topological polar surface area (TPSA) is 80.8 Å². The van der Waals surface area contributed by atoms with Gasteiger partial charge < -0.3 is 9.72 Å². The van der Waals surface area contributed by atoms with Crippen LogP contribution >= 0.6 is 11.8 Å². The van der Waals surface area contributed by atoms with Crippen LogP contribution in [0.4, 0.5) is 0 Å². The Bertz CT molecular complexity index is 555. The molecule has 0 amide bonds. The molecule has 0 fully saturated rings. The van der Waals surface area contributed by atoms with Crippen LogP contribution in [0.25, 0.3) is 11.4 Å². The molecule has 0 bridgehead atoms. The fourth-order valence-electron chi connectivity index (χ4n) is 1.27. The van der Waals surface area contributed by atoms with Gasteiger partial charge in [-0.2, -0.15) is 0 Å². The number of aromatic nitrogens is 4. The Morgan fingerprint density at radius 1 is 1.44 bits per heavy atom. The molecule has 0 aliphatic carbocycles. The standard InChI is InChI=1S/C11H12N4O2S/c1-7(16)6-18-11-13-10(14-15-11)8-3-9(17-2)5-12-4-8/h3-5H,6H2,1-2H3,(H,13,14,15). The van der Waals surface area contributed by atoms with Crippen molar-refractivity contribution in [2.45, 2.75) is 12.1 Å². The fraction of sp³-hybridized carbons (Fsp3) is 0.273. The molecule has 0 radical (unpaired) electrons. The molecule has 7 heteroatoms. The highest BCUT2D eigenvalue weighted by Crippen LogP contribution is 2.21. The number of aromatic amines is 1. The first-order valence-corrected chi connectivity index (χ1v) is 6.22. The average molecular weight is 264 g/mol. The molecule has 0 aromatic carbocycles. The van der Waals surface area contributed by atoms with Gasteiger partial charge in [0, 0.05) is 11.8 Å². The SMILES string of the molecule is COc1cncc(-c2nnc(SCC(C)=O)[nH]2)c1. The summed E-state index contributed by atoms with van der Waals surface area (Å²) in [5.74, 6) is 1.74. The minimum atomic E-state index is 0.0981. The zero-order valence-electron chi connectivity index (χ0n) is 10.0. The van der Waals surface area contributed by atoms with E-state index < -0.39 is 0 Å². The molecule has 0 saturated heterocycles. The monoisotopic (exact) mass is 264 g/mol. The van der Waals surface area contributed by atoms with Crippen molar-refractivity contribution in [3.8, 4) is 17.1 Å². The van der Waals surface area contributed by atoms with Crippen LogP contribution in [-0.2, 0) is 4.79 Å². The van der Waals surface area contributed by atoms with Gasteiger partial charge in [-0.3, -0.25) is 9.78 Å². The minimum Gasteiger partial charge on any atom is -0.495 e. The number of carbonyl (C=O) groups excluding carboxylic acids is 1. The molecule has 2 rings (SSSR count). The molecule has 0 aliphatic heterocycles. The minimum absolute atomic E-state index is 0.0981. The van der Waals surface area contributed by atoms with E-state index in [0.29, 0.717) is 22.5 Å². The Hall–Kier alpha value is -1.89. The van der Waals surface area contributed by atoms with E-state index in [2.05, 4.69) is 20.2 Å². The number of thioether (sulfide) groups is 1. The number of methoxy groups -OCH3 is 1. The third kappa shape index (κ3) is 3.07. The number of H-pyrrole nitrogens is 1. The first-order chi connectivity index (χ1) is 8.69. The number of hydrogen-bond donors (Lipinski definition) is 1. The van der Waals surface area contributed by atoms with E-state index in [9.17, 15) is 4.79 Å². The van der Waals surface area contributed by atoms with Gasteiger partial charge in [0.05, 0.1) is 19.1 Å². The maximum Gasteiger partial charge on any atom is 0.189 e. The molecule has 0 unspecified atom stereocenters. The molecule has 0 aliphatic rings. The van der Waals surface area contributed by atoms with E-state index in [1.807, 2.05) is 6.07 Å². The predicted octanol–water partition coefficient (Wildman–Crippen LogP) is 1.56. The number of ketones is 1. The van der Waals surface area contributed by atoms with Gasteiger partial charge in [-0.05, 0) is 13.0 Å². The van der Waals surface area contributed by atoms with Crippen LogP contribution in [0.1, 0.15) is 6.92 Å². The molecule has 0 atom stereocenters. The third-order valence-electron chi connectivity index (χ3n) is 2.10.